The number of nitrogens with zero attached hydrogens (tertiary/aromatic N) is 1. The normalized spacial score (nSPS) is 13.0. The first-order valence-corrected chi connectivity index (χ1v) is 9.78. The van der Waals surface area contributed by atoms with E-state index in [4.69, 9.17) is 27.9 Å². The Labute approximate surface area is 182 Å². The van der Waals surface area contributed by atoms with Gasteiger partial charge in [-0.3, -0.25) is 14.4 Å². The zero-order valence-corrected chi connectivity index (χ0v) is 17.2. The van der Waals surface area contributed by atoms with Crippen LogP contribution < -0.4 is 20.8 Å². The first-order valence-electron chi connectivity index (χ1n) is 9.02. The summed E-state index contributed by atoms with van der Waals surface area (Å²) in [5, 5.41) is 9.74. The van der Waals surface area contributed by atoms with Crippen LogP contribution in [0.5, 0.6) is 5.75 Å². The van der Waals surface area contributed by atoms with Crippen LogP contribution in [0.3, 0.4) is 0 Å². The lowest BCUT2D eigenvalue weighted by Crippen LogP contribution is -2.38. The van der Waals surface area contributed by atoms with Gasteiger partial charge in [-0.05, 0) is 60.9 Å². The zero-order chi connectivity index (χ0) is 21.5. The highest BCUT2D eigenvalue weighted by atomic mass is 35.5. The fraction of sp³-hybridized carbons (Fsp3) is 0.200. The molecule has 156 valence electrons. The summed E-state index contributed by atoms with van der Waals surface area (Å²) in [4.78, 5) is 35.1. The van der Waals surface area contributed by atoms with Crippen molar-refractivity contribution in [2.75, 3.05) is 11.9 Å². The fourth-order valence-electron chi connectivity index (χ4n) is 2.27. The highest BCUT2D eigenvalue weighted by Crippen LogP contribution is 2.25. The Balaban J connectivity index is 1.42. The molecule has 1 aliphatic rings. The van der Waals surface area contributed by atoms with E-state index in [1.165, 1.54) is 12.3 Å². The third-order valence-corrected chi connectivity index (χ3v) is 4.50. The highest BCUT2D eigenvalue weighted by molar-refractivity contribution is 6.36. The molecule has 1 saturated carbocycles. The summed E-state index contributed by atoms with van der Waals surface area (Å²) >= 11 is 11.8. The molecule has 0 saturated heterocycles. The maximum Gasteiger partial charge on any atom is 0.329 e. The van der Waals surface area contributed by atoms with Gasteiger partial charge in [-0.25, -0.2) is 5.43 Å². The molecule has 2 aromatic carbocycles. The number of hydrogen-bond donors (Lipinski definition) is 3. The molecule has 3 N–H and O–H groups in total. The highest BCUT2D eigenvalue weighted by Gasteiger charge is 2.26. The predicted molar refractivity (Wildman–Crippen MR) is 114 cm³/mol. The average Bonchev–Trinajstić information content (AvgIpc) is 3.53. The quantitative estimate of drug-likeness (QED) is 0.343. The average molecular weight is 449 g/mol. The van der Waals surface area contributed by atoms with Crippen LogP contribution in [0.25, 0.3) is 0 Å². The van der Waals surface area contributed by atoms with Crippen molar-refractivity contribution in [3.8, 4) is 5.75 Å². The molecule has 1 fully saturated rings. The van der Waals surface area contributed by atoms with Gasteiger partial charge in [0.25, 0.3) is 5.91 Å². The van der Waals surface area contributed by atoms with Gasteiger partial charge in [-0.2, -0.15) is 5.10 Å². The lowest BCUT2D eigenvalue weighted by atomic mass is 10.2. The molecule has 0 aromatic heterocycles. The summed E-state index contributed by atoms with van der Waals surface area (Å²) in [6.07, 6.45) is 3.18. The number of rotatable bonds is 7. The Morgan fingerprint density at radius 1 is 1.07 bits per heavy atom. The van der Waals surface area contributed by atoms with Crippen molar-refractivity contribution < 1.29 is 19.1 Å². The van der Waals surface area contributed by atoms with E-state index in [1.807, 2.05) is 0 Å². The largest absolute Gasteiger partial charge is 0.484 e. The van der Waals surface area contributed by atoms with Crippen molar-refractivity contribution in [2.24, 2.45) is 5.10 Å². The predicted octanol–water partition coefficient (Wildman–Crippen LogP) is 2.74. The Bertz CT molecular complexity index is 975. The molecule has 0 atom stereocenters. The second-order valence-electron chi connectivity index (χ2n) is 6.48. The minimum absolute atomic E-state index is 0.102. The third kappa shape index (κ3) is 6.75. The van der Waals surface area contributed by atoms with Gasteiger partial charge in [0.15, 0.2) is 6.61 Å². The van der Waals surface area contributed by atoms with Crippen LogP contribution in [0.4, 0.5) is 5.69 Å². The van der Waals surface area contributed by atoms with Crippen LogP contribution in [0.2, 0.25) is 10.0 Å². The van der Waals surface area contributed by atoms with E-state index >= 15 is 0 Å². The lowest BCUT2D eigenvalue weighted by Gasteiger charge is -2.09. The number of carbonyl (C=O) groups excluding carboxylic acids is 3. The Hall–Kier alpha value is -3.10. The van der Waals surface area contributed by atoms with E-state index in [2.05, 4.69) is 21.2 Å². The van der Waals surface area contributed by atoms with Crippen LogP contribution in [-0.4, -0.2) is 36.6 Å². The molecule has 3 amide bonds. The fourth-order valence-corrected chi connectivity index (χ4v) is 2.73. The molecule has 10 heteroatoms. The van der Waals surface area contributed by atoms with Crippen LogP contribution >= 0.6 is 23.2 Å². The number of halogens is 2. The molecule has 1 aliphatic carbocycles. The van der Waals surface area contributed by atoms with Gasteiger partial charge in [0.05, 0.1) is 16.9 Å². The Kier molecular flexibility index (Phi) is 7.26. The standard InChI is InChI=1S/C20H18Cl2N4O4/c21-13-3-8-17(16(22)9-13)25-18(27)11-30-15-6-1-12(2-7-15)10-23-26-20(29)19(28)24-14-4-5-14/h1-3,6-10,14H,4-5,11H2,(H,24,28)(H,25,27)(H,26,29)/b23-10-. The smallest absolute Gasteiger partial charge is 0.329 e. The molecule has 0 spiro atoms. The second-order valence-corrected chi connectivity index (χ2v) is 7.32. The summed E-state index contributed by atoms with van der Waals surface area (Å²) in [5.74, 6) is -1.42. The molecule has 3 rings (SSSR count). The van der Waals surface area contributed by atoms with Gasteiger partial charge in [0.1, 0.15) is 5.75 Å². The number of benzene rings is 2. The summed E-state index contributed by atoms with van der Waals surface area (Å²) in [6, 6.07) is 11.5. The lowest BCUT2D eigenvalue weighted by molar-refractivity contribution is -0.139. The molecular formula is C20H18Cl2N4O4. The molecule has 0 unspecified atom stereocenters. The SMILES string of the molecule is O=C(COc1ccc(/C=N\NC(=O)C(=O)NC2CC2)cc1)Nc1ccc(Cl)cc1Cl. The maximum absolute atomic E-state index is 12.0. The molecule has 0 bridgehead atoms. The van der Waals surface area contributed by atoms with E-state index < -0.39 is 11.8 Å². The van der Waals surface area contributed by atoms with E-state index in [0.29, 0.717) is 27.0 Å². The summed E-state index contributed by atoms with van der Waals surface area (Å²) < 4.78 is 5.43. The minimum atomic E-state index is -0.815. The van der Waals surface area contributed by atoms with Crippen molar-refractivity contribution in [3.05, 3.63) is 58.1 Å². The molecule has 2 aromatic rings. The van der Waals surface area contributed by atoms with Gasteiger partial charge in [0, 0.05) is 11.1 Å². The second kappa shape index (κ2) is 10.1. The van der Waals surface area contributed by atoms with Gasteiger partial charge in [0.2, 0.25) is 0 Å². The first kappa shape index (κ1) is 21.6. The van der Waals surface area contributed by atoms with Crippen LogP contribution in [0.15, 0.2) is 47.6 Å². The van der Waals surface area contributed by atoms with E-state index in [1.54, 1.807) is 36.4 Å². The van der Waals surface area contributed by atoms with Gasteiger partial charge in [-0.1, -0.05) is 23.2 Å². The van der Waals surface area contributed by atoms with Crippen molar-refractivity contribution in [1.82, 2.24) is 10.7 Å². The Morgan fingerprint density at radius 2 is 1.80 bits per heavy atom. The van der Waals surface area contributed by atoms with Crippen molar-refractivity contribution in [3.63, 3.8) is 0 Å². The molecule has 0 heterocycles. The summed E-state index contributed by atoms with van der Waals surface area (Å²) in [7, 11) is 0. The van der Waals surface area contributed by atoms with Gasteiger partial charge >= 0.3 is 11.8 Å². The number of hydrogen-bond acceptors (Lipinski definition) is 5. The molecular weight excluding hydrogens is 431 g/mol. The van der Waals surface area contributed by atoms with Crippen LogP contribution in [0.1, 0.15) is 18.4 Å². The van der Waals surface area contributed by atoms with Crippen LogP contribution in [-0.2, 0) is 14.4 Å². The van der Waals surface area contributed by atoms with Crippen LogP contribution in [0, 0.1) is 0 Å². The number of amides is 3. The summed E-state index contributed by atoms with van der Waals surface area (Å²) in [5.41, 5.74) is 3.27. The molecule has 30 heavy (non-hydrogen) atoms. The third-order valence-electron chi connectivity index (χ3n) is 3.95. The first-order chi connectivity index (χ1) is 14.4. The molecule has 0 radical (unpaired) electrons. The number of anilines is 1. The van der Waals surface area contributed by atoms with Crippen molar-refractivity contribution >= 4 is 52.8 Å². The van der Waals surface area contributed by atoms with Gasteiger partial charge in [-0.15, -0.1) is 0 Å². The van der Waals surface area contributed by atoms with E-state index in [-0.39, 0.29) is 18.6 Å². The number of hydrazone groups is 1. The number of ether oxygens (including phenoxy) is 1. The van der Waals surface area contributed by atoms with Gasteiger partial charge < -0.3 is 15.4 Å². The van der Waals surface area contributed by atoms with Crippen molar-refractivity contribution in [2.45, 2.75) is 18.9 Å². The number of nitrogens with one attached hydrogen (secondary N) is 3. The van der Waals surface area contributed by atoms with E-state index in [9.17, 15) is 14.4 Å². The summed E-state index contributed by atoms with van der Waals surface area (Å²) in [6.45, 7) is -0.210. The van der Waals surface area contributed by atoms with Crippen molar-refractivity contribution in [1.29, 1.82) is 0 Å². The topological polar surface area (TPSA) is 109 Å². The minimum Gasteiger partial charge on any atom is -0.484 e. The maximum atomic E-state index is 12.0. The van der Waals surface area contributed by atoms with E-state index in [0.717, 1.165) is 12.8 Å². The zero-order valence-electron chi connectivity index (χ0n) is 15.7. The monoisotopic (exact) mass is 448 g/mol. The number of carbonyl (C=O) groups is 3. The molecule has 8 nitrogen and oxygen atoms in total. The molecule has 0 aliphatic heterocycles. The Morgan fingerprint density at radius 3 is 2.47 bits per heavy atom.